The first-order valence-electron chi connectivity index (χ1n) is 6.35. The molecular formula is C14H23N3O2. The first-order chi connectivity index (χ1) is 9.10. The molecule has 0 aliphatic rings. The van der Waals surface area contributed by atoms with Crippen LogP contribution in [-0.2, 0) is 4.74 Å². The van der Waals surface area contributed by atoms with Crippen LogP contribution in [0.1, 0.15) is 10.4 Å². The summed E-state index contributed by atoms with van der Waals surface area (Å²) in [6, 6.07) is 7.57. The van der Waals surface area contributed by atoms with Crippen molar-refractivity contribution in [2.75, 3.05) is 52.3 Å². The zero-order valence-electron chi connectivity index (χ0n) is 11.9. The number of carbonyl (C=O) groups is 1. The minimum atomic E-state index is -0.00815. The molecule has 0 unspecified atom stereocenters. The number of hydrogen-bond acceptors (Lipinski definition) is 4. The van der Waals surface area contributed by atoms with Gasteiger partial charge in [-0.15, -0.1) is 0 Å². The SMILES string of the molecule is COCCN(CCN)C(=O)c1cccc(N(C)C)c1. The zero-order chi connectivity index (χ0) is 14.3. The number of methoxy groups -OCH3 is 1. The smallest absolute Gasteiger partial charge is 0.254 e. The summed E-state index contributed by atoms with van der Waals surface area (Å²) in [6.07, 6.45) is 0. The van der Waals surface area contributed by atoms with E-state index in [2.05, 4.69) is 0 Å². The number of carbonyl (C=O) groups excluding carboxylic acids is 1. The van der Waals surface area contributed by atoms with Crippen LogP contribution in [0.25, 0.3) is 0 Å². The van der Waals surface area contributed by atoms with Crippen molar-refractivity contribution in [3.63, 3.8) is 0 Å². The van der Waals surface area contributed by atoms with Gasteiger partial charge in [0.15, 0.2) is 0 Å². The minimum Gasteiger partial charge on any atom is -0.383 e. The molecule has 2 N–H and O–H groups in total. The van der Waals surface area contributed by atoms with Gasteiger partial charge < -0.3 is 20.3 Å². The molecule has 0 atom stereocenters. The van der Waals surface area contributed by atoms with E-state index >= 15 is 0 Å². The van der Waals surface area contributed by atoms with Crippen LogP contribution in [-0.4, -0.2) is 58.3 Å². The largest absolute Gasteiger partial charge is 0.383 e. The van der Waals surface area contributed by atoms with Crippen LogP contribution in [0.4, 0.5) is 5.69 Å². The summed E-state index contributed by atoms with van der Waals surface area (Å²) in [7, 11) is 5.52. The number of rotatable bonds is 7. The molecule has 106 valence electrons. The lowest BCUT2D eigenvalue weighted by molar-refractivity contribution is 0.0701. The molecule has 1 aromatic rings. The van der Waals surface area contributed by atoms with E-state index in [1.165, 1.54) is 0 Å². The molecule has 5 heteroatoms. The molecule has 0 radical (unpaired) electrons. The van der Waals surface area contributed by atoms with Gasteiger partial charge in [0.05, 0.1) is 6.61 Å². The summed E-state index contributed by atoms with van der Waals surface area (Å²) >= 11 is 0. The van der Waals surface area contributed by atoms with Crippen molar-refractivity contribution >= 4 is 11.6 Å². The maximum Gasteiger partial charge on any atom is 0.254 e. The van der Waals surface area contributed by atoms with Crippen molar-refractivity contribution in [1.82, 2.24) is 4.90 Å². The minimum absolute atomic E-state index is 0.00815. The van der Waals surface area contributed by atoms with Gasteiger partial charge in [0.25, 0.3) is 5.91 Å². The fourth-order valence-corrected chi connectivity index (χ4v) is 1.77. The van der Waals surface area contributed by atoms with Crippen molar-refractivity contribution in [2.24, 2.45) is 5.73 Å². The van der Waals surface area contributed by atoms with Gasteiger partial charge in [0.1, 0.15) is 0 Å². The van der Waals surface area contributed by atoms with E-state index in [0.29, 0.717) is 31.8 Å². The Morgan fingerprint density at radius 2 is 2.05 bits per heavy atom. The van der Waals surface area contributed by atoms with Crippen LogP contribution < -0.4 is 10.6 Å². The Morgan fingerprint density at radius 3 is 2.63 bits per heavy atom. The number of nitrogens with zero attached hydrogens (tertiary/aromatic N) is 2. The molecule has 0 aliphatic heterocycles. The van der Waals surface area contributed by atoms with Gasteiger partial charge in [-0.05, 0) is 18.2 Å². The van der Waals surface area contributed by atoms with E-state index in [9.17, 15) is 4.79 Å². The third-order valence-corrected chi connectivity index (χ3v) is 2.86. The van der Waals surface area contributed by atoms with E-state index in [1.54, 1.807) is 12.0 Å². The number of hydrogen-bond donors (Lipinski definition) is 1. The number of anilines is 1. The molecule has 5 nitrogen and oxygen atoms in total. The van der Waals surface area contributed by atoms with E-state index in [-0.39, 0.29) is 5.91 Å². The van der Waals surface area contributed by atoms with Crippen LogP contribution in [0.3, 0.4) is 0 Å². The molecule has 1 aromatic carbocycles. The molecule has 0 heterocycles. The number of amides is 1. The normalized spacial score (nSPS) is 10.3. The van der Waals surface area contributed by atoms with Crippen LogP contribution in [0.15, 0.2) is 24.3 Å². The molecule has 1 amide bonds. The van der Waals surface area contributed by atoms with E-state index in [4.69, 9.17) is 10.5 Å². The number of nitrogens with two attached hydrogens (primary N) is 1. The predicted octanol–water partition coefficient (Wildman–Crippen LogP) is 0.800. The highest BCUT2D eigenvalue weighted by atomic mass is 16.5. The lowest BCUT2D eigenvalue weighted by Crippen LogP contribution is -2.37. The monoisotopic (exact) mass is 265 g/mol. The third-order valence-electron chi connectivity index (χ3n) is 2.86. The maximum absolute atomic E-state index is 12.4. The second-order valence-corrected chi connectivity index (χ2v) is 4.52. The Balaban J connectivity index is 2.85. The van der Waals surface area contributed by atoms with Gasteiger partial charge in [0, 0.05) is 52.1 Å². The Hall–Kier alpha value is -1.59. The Morgan fingerprint density at radius 1 is 1.32 bits per heavy atom. The summed E-state index contributed by atoms with van der Waals surface area (Å²) in [5.74, 6) is -0.00815. The van der Waals surface area contributed by atoms with Gasteiger partial charge >= 0.3 is 0 Å². The second kappa shape index (κ2) is 7.76. The standard InChI is InChI=1S/C14H23N3O2/c1-16(2)13-6-4-5-12(11-13)14(18)17(8-7-15)9-10-19-3/h4-6,11H,7-10,15H2,1-3H3. The highest BCUT2D eigenvalue weighted by molar-refractivity contribution is 5.95. The van der Waals surface area contributed by atoms with Crippen LogP contribution >= 0.6 is 0 Å². The fraction of sp³-hybridized carbons (Fsp3) is 0.500. The van der Waals surface area contributed by atoms with Crippen molar-refractivity contribution < 1.29 is 9.53 Å². The fourth-order valence-electron chi connectivity index (χ4n) is 1.77. The summed E-state index contributed by atoms with van der Waals surface area (Å²) in [6.45, 7) is 2.05. The Bertz CT molecular complexity index is 407. The summed E-state index contributed by atoms with van der Waals surface area (Å²) in [4.78, 5) is 16.1. The molecule has 1 rings (SSSR count). The van der Waals surface area contributed by atoms with Gasteiger partial charge in [-0.25, -0.2) is 0 Å². The van der Waals surface area contributed by atoms with Crippen molar-refractivity contribution in [1.29, 1.82) is 0 Å². The molecule has 0 bridgehead atoms. The van der Waals surface area contributed by atoms with Crippen molar-refractivity contribution in [3.05, 3.63) is 29.8 Å². The average Bonchev–Trinajstić information content (AvgIpc) is 2.42. The topological polar surface area (TPSA) is 58.8 Å². The van der Waals surface area contributed by atoms with Gasteiger partial charge in [-0.1, -0.05) is 6.07 Å². The number of benzene rings is 1. The predicted molar refractivity (Wildman–Crippen MR) is 77.6 cm³/mol. The molecule has 0 spiro atoms. The van der Waals surface area contributed by atoms with E-state index in [0.717, 1.165) is 5.69 Å². The molecule has 0 saturated carbocycles. The Labute approximate surface area is 114 Å². The van der Waals surface area contributed by atoms with Crippen LogP contribution in [0.5, 0.6) is 0 Å². The summed E-state index contributed by atoms with van der Waals surface area (Å²) in [5.41, 5.74) is 7.23. The maximum atomic E-state index is 12.4. The van der Waals surface area contributed by atoms with Crippen molar-refractivity contribution in [3.8, 4) is 0 Å². The zero-order valence-corrected chi connectivity index (χ0v) is 11.9. The van der Waals surface area contributed by atoms with Crippen LogP contribution in [0, 0.1) is 0 Å². The highest BCUT2D eigenvalue weighted by Crippen LogP contribution is 2.15. The third kappa shape index (κ3) is 4.54. The first-order valence-corrected chi connectivity index (χ1v) is 6.35. The van der Waals surface area contributed by atoms with Gasteiger partial charge in [-0.3, -0.25) is 4.79 Å². The first kappa shape index (κ1) is 15.5. The van der Waals surface area contributed by atoms with Crippen molar-refractivity contribution in [2.45, 2.75) is 0 Å². The molecule has 0 fully saturated rings. The summed E-state index contributed by atoms with van der Waals surface area (Å²) in [5, 5.41) is 0. The molecule has 0 aromatic heterocycles. The second-order valence-electron chi connectivity index (χ2n) is 4.52. The lowest BCUT2D eigenvalue weighted by Gasteiger charge is -2.22. The lowest BCUT2D eigenvalue weighted by atomic mass is 10.1. The van der Waals surface area contributed by atoms with Crippen LogP contribution in [0.2, 0.25) is 0 Å². The van der Waals surface area contributed by atoms with E-state index < -0.39 is 0 Å². The number of ether oxygens (including phenoxy) is 1. The average molecular weight is 265 g/mol. The molecular weight excluding hydrogens is 242 g/mol. The summed E-state index contributed by atoms with van der Waals surface area (Å²) < 4.78 is 5.02. The molecule has 0 saturated heterocycles. The molecule has 0 aliphatic carbocycles. The van der Waals surface area contributed by atoms with E-state index in [1.807, 2.05) is 43.3 Å². The van der Waals surface area contributed by atoms with Gasteiger partial charge in [0.2, 0.25) is 0 Å². The van der Waals surface area contributed by atoms with Gasteiger partial charge in [-0.2, -0.15) is 0 Å². The quantitative estimate of drug-likeness (QED) is 0.792. The Kier molecular flexibility index (Phi) is 6.32. The molecule has 19 heavy (non-hydrogen) atoms. The highest BCUT2D eigenvalue weighted by Gasteiger charge is 2.15.